The van der Waals surface area contributed by atoms with E-state index in [1.54, 1.807) is 37.4 Å². The number of rotatable bonds is 12. The predicted octanol–water partition coefficient (Wildman–Crippen LogP) is 8.34. The van der Waals surface area contributed by atoms with Crippen molar-refractivity contribution in [1.29, 1.82) is 0 Å². The van der Waals surface area contributed by atoms with Gasteiger partial charge in [-0.15, -0.1) is 0 Å². The van der Waals surface area contributed by atoms with E-state index < -0.39 is 10.1 Å². The van der Waals surface area contributed by atoms with Crippen molar-refractivity contribution in [2.24, 2.45) is 0 Å². The molecule has 0 amide bonds. The number of fused-ring (bicyclic) bond motifs is 1. The number of benzene rings is 5. The van der Waals surface area contributed by atoms with Crippen molar-refractivity contribution < 1.29 is 26.5 Å². The molecule has 0 fully saturated rings. The van der Waals surface area contributed by atoms with Crippen LogP contribution in [0.2, 0.25) is 0 Å². The minimum absolute atomic E-state index is 0.0234. The molecule has 0 spiro atoms. The molecule has 0 aliphatic carbocycles. The second-order valence-corrected chi connectivity index (χ2v) is 12.7. The second kappa shape index (κ2) is 13.6. The fourth-order valence-corrected chi connectivity index (χ4v) is 6.34. The van der Waals surface area contributed by atoms with Gasteiger partial charge in [0.25, 0.3) is 10.1 Å². The van der Waals surface area contributed by atoms with Gasteiger partial charge in [-0.1, -0.05) is 84.4 Å². The Hall–Kier alpha value is -4.92. The highest BCUT2D eigenvalue weighted by atomic mass is 32.2. The van der Waals surface area contributed by atoms with E-state index in [1.807, 2.05) is 102 Å². The maximum atomic E-state index is 16.4. The SMILES string of the molecule is COc1ccccc1-c1c(F)c2cc(OCc3ccccc3)ccc2n1Cc1ccc(CCOS(=O)(=O)c2ccc(C)cc2)cc1. The third-order valence-electron chi connectivity index (χ3n) is 7.89. The van der Waals surface area contributed by atoms with Gasteiger partial charge in [0.15, 0.2) is 5.82 Å². The van der Waals surface area contributed by atoms with Crippen molar-refractivity contribution in [2.75, 3.05) is 13.7 Å². The summed E-state index contributed by atoms with van der Waals surface area (Å²) in [6, 6.07) is 37.1. The quantitative estimate of drug-likeness (QED) is 0.127. The van der Waals surface area contributed by atoms with Crippen LogP contribution in [0, 0.1) is 12.7 Å². The normalized spacial score (nSPS) is 11.5. The highest BCUT2D eigenvalue weighted by molar-refractivity contribution is 7.86. The summed E-state index contributed by atoms with van der Waals surface area (Å²) in [6.07, 6.45) is 0.421. The van der Waals surface area contributed by atoms with E-state index in [0.717, 1.165) is 27.8 Å². The Bertz CT molecular complexity index is 2060. The Balaban J connectivity index is 1.24. The topological polar surface area (TPSA) is 66.8 Å². The lowest BCUT2D eigenvalue weighted by Gasteiger charge is -2.14. The molecule has 0 saturated heterocycles. The van der Waals surface area contributed by atoms with Crippen molar-refractivity contribution in [3.05, 3.63) is 149 Å². The molecule has 6 nitrogen and oxygen atoms in total. The second-order valence-electron chi connectivity index (χ2n) is 11.1. The highest BCUT2D eigenvalue weighted by Crippen LogP contribution is 2.39. The summed E-state index contributed by atoms with van der Waals surface area (Å²) in [5.74, 6) is 0.796. The minimum Gasteiger partial charge on any atom is -0.496 e. The van der Waals surface area contributed by atoms with Gasteiger partial charge >= 0.3 is 0 Å². The molecule has 0 atom stereocenters. The Labute approximate surface area is 268 Å². The number of methoxy groups -OCH3 is 1. The van der Waals surface area contributed by atoms with Crippen LogP contribution in [0.25, 0.3) is 22.2 Å². The lowest BCUT2D eigenvalue weighted by atomic mass is 10.1. The van der Waals surface area contributed by atoms with Crippen LogP contribution in [-0.2, 0) is 33.9 Å². The van der Waals surface area contributed by atoms with Crippen LogP contribution in [0.15, 0.2) is 126 Å². The Kier molecular flexibility index (Phi) is 9.19. The molecule has 6 aromatic rings. The lowest BCUT2D eigenvalue weighted by Crippen LogP contribution is -2.09. The molecule has 5 aromatic carbocycles. The van der Waals surface area contributed by atoms with Crippen molar-refractivity contribution in [2.45, 2.75) is 31.4 Å². The van der Waals surface area contributed by atoms with Crippen LogP contribution >= 0.6 is 0 Å². The summed E-state index contributed by atoms with van der Waals surface area (Å²) in [6.45, 7) is 2.70. The van der Waals surface area contributed by atoms with Crippen LogP contribution in [0.5, 0.6) is 11.5 Å². The van der Waals surface area contributed by atoms with Gasteiger partial charge in [0.1, 0.15) is 18.1 Å². The molecule has 0 radical (unpaired) electrons. The molecule has 6 rings (SSSR count). The van der Waals surface area contributed by atoms with Gasteiger partial charge in [0, 0.05) is 17.5 Å². The smallest absolute Gasteiger partial charge is 0.296 e. The molecule has 0 bridgehead atoms. The molecule has 0 saturated carbocycles. The Morgan fingerprint density at radius 3 is 2.20 bits per heavy atom. The zero-order chi connectivity index (χ0) is 32.1. The fraction of sp³-hybridized carbons (Fsp3) is 0.158. The van der Waals surface area contributed by atoms with Crippen molar-refractivity contribution >= 4 is 21.0 Å². The maximum absolute atomic E-state index is 16.4. The molecule has 1 aromatic heterocycles. The summed E-state index contributed by atoms with van der Waals surface area (Å²) in [7, 11) is -2.25. The third-order valence-corrected chi connectivity index (χ3v) is 9.21. The van der Waals surface area contributed by atoms with Gasteiger partial charge < -0.3 is 14.0 Å². The number of nitrogens with zero attached hydrogens (tertiary/aromatic N) is 1. The summed E-state index contributed by atoms with van der Waals surface area (Å²) >= 11 is 0. The average Bonchev–Trinajstić information content (AvgIpc) is 3.35. The molecule has 234 valence electrons. The van der Waals surface area contributed by atoms with Gasteiger partial charge in [-0.25, -0.2) is 4.39 Å². The molecule has 0 unspecified atom stereocenters. The number of para-hydroxylation sites is 1. The summed E-state index contributed by atoms with van der Waals surface area (Å²) in [5.41, 5.74) is 5.68. The largest absolute Gasteiger partial charge is 0.496 e. The summed E-state index contributed by atoms with van der Waals surface area (Å²) in [5, 5.41) is 0.454. The van der Waals surface area contributed by atoms with Crippen molar-refractivity contribution in [3.63, 3.8) is 0 Å². The van der Waals surface area contributed by atoms with Gasteiger partial charge in [-0.2, -0.15) is 8.42 Å². The van der Waals surface area contributed by atoms with Gasteiger partial charge in [-0.3, -0.25) is 4.18 Å². The van der Waals surface area contributed by atoms with Crippen LogP contribution in [0.3, 0.4) is 0 Å². The summed E-state index contributed by atoms with van der Waals surface area (Å²) in [4.78, 5) is 0.139. The summed E-state index contributed by atoms with van der Waals surface area (Å²) < 4.78 is 60.3. The van der Waals surface area contributed by atoms with E-state index in [0.29, 0.717) is 47.7 Å². The van der Waals surface area contributed by atoms with Crippen LogP contribution < -0.4 is 9.47 Å². The van der Waals surface area contributed by atoms with Gasteiger partial charge in [0.2, 0.25) is 0 Å². The van der Waals surface area contributed by atoms with E-state index in [1.165, 1.54) is 0 Å². The zero-order valence-electron chi connectivity index (χ0n) is 25.7. The van der Waals surface area contributed by atoms with Crippen LogP contribution in [0.4, 0.5) is 4.39 Å². The van der Waals surface area contributed by atoms with Gasteiger partial charge in [0.05, 0.1) is 29.8 Å². The number of hydrogen-bond acceptors (Lipinski definition) is 5. The molecular formula is C38H34FNO5S. The van der Waals surface area contributed by atoms with Crippen molar-refractivity contribution in [1.82, 2.24) is 4.57 Å². The number of halogens is 1. The molecule has 1 heterocycles. The highest BCUT2D eigenvalue weighted by Gasteiger charge is 2.22. The van der Waals surface area contributed by atoms with E-state index in [2.05, 4.69) is 0 Å². The van der Waals surface area contributed by atoms with E-state index >= 15 is 4.39 Å². The predicted molar refractivity (Wildman–Crippen MR) is 178 cm³/mol. The molecular weight excluding hydrogens is 601 g/mol. The van der Waals surface area contributed by atoms with Crippen LogP contribution in [-0.4, -0.2) is 26.7 Å². The van der Waals surface area contributed by atoms with Gasteiger partial charge in [-0.05, 0) is 72.5 Å². The number of aromatic nitrogens is 1. The first-order valence-corrected chi connectivity index (χ1v) is 16.4. The Morgan fingerprint density at radius 2 is 1.46 bits per heavy atom. The molecule has 46 heavy (non-hydrogen) atoms. The van der Waals surface area contributed by atoms with E-state index in [9.17, 15) is 8.42 Å². The first kappa shape index (κ1) is 31.1. The maximum Gasteiger partial charge on any atom is 0.296 e. The first-order valence-electron chi connectivity index (χ1n) is 15.0. The lowest BCUT2D eigenvalue weighted by molar-refractivity contribution is 0.306. The Morgan fingerprint density at radius 1 is 0.761 bits per heavy atom. The standard InChI is InChI=1S/C38H34FNO5S/c1-27-12-19-32(20-13-27)46(41,42)45-23-22-28-14-16-29(17-15-28)25-40-35-21-18-31(44-26-30-8-4-3-5-9-30)24-34(35)37(39)38(40)33-10-6-7-11-36(33)43-2/h3-21,24H,22-23,25-26H2,1-2H3. The first-order chi connectivity index (χ1) is 22.3. The van der Waals surface area contributed by atoms with Crippen LogP contribution in [0.1, 0.15) is 22.3 Å². The third kappa shape index (κ3) is 6.83. The molecule has 0 aliphatic heterocycles. The van der Waals surface area contributed by atoms with E-state index in [4.69, 9.17) is 13.7 Å². The number of aryl methyl sites for hydroxylation is 1. The molecule has 0 N–H and O–H groups in total. The molecule has 0 aliphatic rings. The monoisotopic (exact) mass is 635 g/mol. The average molecular weight is 636 g/mol. The minimum atomic E-state index is -3.83. The van der Waals surface area contributed by atoms with Crippen molar-refractivity contribution in [3.8, 4) is 22.8 Å². The molecule has 8 heteroatoms. The number of hydrogen-bond donors (Lipinski definition) is 0. The fourth-order valence-electron chi connectivity index (χ4n) is 5.43. The van der Waals surface area contributed by atoms with E-state index in [-0.39, 0.29) is 17.3 Å². The zero-order valence-corrected chi connectivity index (χ0v) is 26.5. The number of ether oxygens (including phenoxy) is 2.